The molecule has 0 amide bonds. The molecule has 0 fully saturated rings. The lowest BCUT2D eigenvalue weighted by Gasteiger charge is -2.04. The van der Waals surface area contributed by atoms with Crippen molar-refractivity contribution in [3.63, 3.8) is 0 Å². The molecule has 0 unspecified atom stereocenters. The number of ether oxygens (including phenoxy) is 1. The van der Waals surface area contributed by atoms with E-state index in [1.54, 1.807) is 13.0 Å². The number of rotatable bonds is 4. The van der Waals surface area contributed by atoms with E-state index in [1.807, 2.05) is 0 Å². The molecule has 0 N–H and O–H groups in total. The average molecular weight is 287 g/mol. The first-order valence-electron chi connectivity index (χ1n) is 4.79. The van der Waals surface area contributed by atoms with Gasteiger partial charge in [0.2, 0.25) is 5.75 Å². The smallest absolute Gasteiger partial charge is 0.406 e. The third-order valence-corrected chi connectivity index (χ3v) is 3.01. The van der Waals surface area contributed by atoms with Crippen molar-refractivity contribution in [2.24, 2.45) is 0 Å². The van der Waals surface area contributed by atoms with Crippen LogP contribution in [-0.2, 0) is 6.61 Å². The highest BCUT2D eigenvalue weighted by molar-refractivity contribution is 7.10. The van der Waals surface area contributed by atoms with Crippen LogP contribution >= 0.6 is 23.1 Å². The van der Waals surface area contributed by atoms with Crippen LogP contribution in [0.3, 0.4) is 0 Å². The van der Waals surface area contributed by atoms with E-state index in [1.165, 1.54) is 6.07 Å². The molecule has 0 aliphatic carbocycles. The van der Waals surface area contributed by atoms with Gasteiger partial charge in [0.05, 0.1) is 0 Å². The molecule has 0 radical (unpaired) electrons. The fourth-order valence-corrected chi connectivity index (χ4v) is 1.80. The van der Waals surface area contributed by atoms with Crippen molar-refractivity contribution in [2.75, 3.05) is 0 Å². The van der Waals surface area contributed by atoms with Crippen LogP contribution in [0.5, 0.6) is 5.75 Å². The summed E-state index contributed by atoms with van der Waals surface area (Å²) in [6, 6.07) is 3.12. The third kappa shape index (κ3) is 2.71. The van der Waals surface area contributed by atoms with Gasteiger partial charge in [-0.15, -0.1) is 5.10 Å². The molecule has 94 valence electrons. The van der Waals surface area contributed by atoms with Gasteiger partial charge >= 0.3 is 5.82 Å². The van der Waals surface area contributed by atoms with E-state index in [-0.39, 0.29) is 18.2 Å². The number of aromatic nitrogens is 3. The molecule has 2 aromatic rings. The topological polar surface area (TPSA) is 91.0 Å². The summed E-state index contributed by atoms with van der Waals surface area (Å²) in [5.41, 5.74) is 0.985. The molecular formula is C9H7ClN4O3S. The summed E-state index contributed by atoms with van der Waals surface area (Å²) >= 11 is 6.82. The van der Waals surface area contributed by atoms with E-state index in [0.717, 1.165) is 11.5 Å². The van der Waals surface area contributed by atoms with Crippen LogP contribution in [0, 0.1) is 17.0 Å². The lowest BCUT2D eigenvalue weighted by Crippen LogP contribution is -2.02. The van der Waals surface area contributed by atoms with E-state index in [4.69, 9.17) is 16.3 Å². The SMILES string of the molecule is Cc1ccc(OCc2nnsc2Cl)c([N+](=O)[O-])n1. The lowest BCUT2D eigenvalue weighted by molar-refractivity contribution is -0.390. The van der Waals surface area contributed by atoms with Gasteiger partial charge in [0.15, 0.2) is 0 Å². The maximum atomic E-state index is 10.8. The number of nitro groups is 1. The van der Waals surface area contributed by atoms with Crippen LogP contribution in [0.25, 0.3) is 0 Å². The number of halogens is 1. The predicted octanol–water partition coefficient (Wildman–Crippen LogP) is 2.38. The summed E-state index contributed by atoms with van der Waals surface area (Å²) in [4.78, 5) is 14.0. The Kier molecular flexibility index (Phi) is 3.68. The molecule has 0 bridgehead atoms. The maximum Gasteiger partial charge on any atom is 0.406 e. The molecule has 0 spiro atoms. The third-order valence-electron chi connectivity index (χ3n) is 2.03. The highest BCUT2D eigenvalue weighted by Crippen LogP contribution is 2.26. The molecule has 0 aliphatic rings. The summed E-state index contributed by atoms with van der Waals surface area (Å²) < 4.78 is 9.33. The Morgan fingerprint density at radius 2 is 2.33 bits per heavy atom. The standard InChI is InChI=1S/C9H7ClN4O3S/c1-5-2-3-7(9(11-5)14(15)16)17-4-6-8(10)18-13-12-6/h2-3H,4H2,1H3. The second kappa shape index (κ2) is 5.23. The highest BCUT2D eigenvalue weighted by Gasteiger charge is 2.18. The van der Waals surface area contributed by atoms with Crippen LogP contribution in [0.1, 0.15) is 11.4 Å². The molecule has 2 rings (SSSR count). The van der Waals surface area contributed by atoms with E-state index < -0.39 is 4.92 Å². The first kappa shape index (κ1) is 12.7. The van der Waals surface area contributed by atoms with Gasteiger partial charge in [-0.1, -0.05) is 16.1 Å². The van der Waals surface area contributed by atoms with Gasteiger partial charge in [0, 0.05) is 18.5 Å². The number of hydrogen-bond acceptors (Lipinski definition) is 7. The quantitative estimate of drug-likeness (QED) is 0.633. The summed E-state index contributed by atoms with van der Waals surface area (Å²) in [6.45, 7) is 1.68. The molecule has 0 saturated heterocycles. The van der Waals surface area contributed by atoms with Gasteiger partial charge in [0.25, 0.3) is 0 Å². The fourth-order valence-electron chi connectivity index (χ4n) is 1.20. The second-order valence-corrected chi connectivity index (χ2v) is 4.67. The number of pyridine rings is 1. The first-order chi connectivity index (χ1) is 8.58. The zero-order chi connectivity index (χ0) is 13.1. The van der Waals surface area contributed by atoms with Crippen molar-refractivity contribution in [2.45, 2.75) is 13.5 Å². The predicted molar refractivity (Wildman–Crippen MR) is 64.9 cm³/mol. The van der Waals surface area contributed by atoms with E-state index >= 15 is 0 Å². The highest BCUT2D eigenvalue weighted by atomic mass is 35.5. The zero-order valence-electron chi connectivity index (χ0n) is 9.16. The summed E-state index contributed by atoms with van der Waals surface area (Å²) in [5.74, 6) is -0.246. The molecule has 18 heavy (non-hydrogen) atoms. The van der Waals surface area contributed by atoms with Crippen LogP contribution in [-0.4, -0.2) is 19.5 Å². The maximum absolute atomic E-state index is 10.8. The van der Waals surface area contributed by atoms with Gasteiger partial charge in [0.1, 0.15) is 22.3 Å². The Balaban J connectivity index is 2.19. The van der Waals surface area contributed by atoms with E-state index in [9.17, 15) is 10.1 Å². The van der Waals surface area contributed by atoms with Crippen LogP contribution in [0.15, 0.2) is 12.1 Å². The molecule has 2 heterocycles. The minimum absolute atomic E-state index is 0.0148. The van der Waals surface area contributed by atoms with Gasteiger partial charge in [-0.05, 0) is 22.0 Å². The lowest BCUT2D eigenvalue weighted by atomic mass is 10.3. The molecular weight excluding hydrogens is 280 g/mol. The van der Waals surface area contributed by atoms with Crippen LogP contribution < -0.4 is 4.74 Å². The van der Waals surface area contributed by atoms with Crippen molar-refractivity contribution >= 4 is 29.0 Å². The van der Waals surface area contributed by atoms with Crippen molar-refractivity contribution in [1.82, 2.24) is 14.6 Å². The molecule has 0 aliphatic heterocycles. The number of hydrogen-bond donors (Lipinski definition) is 0. The fraction of sp³-hybridized carbons (Fsp3) is 0.222. The monoisotopic (exact) mass is 286 g/mol. The van der Waals surface area contributed by atoms with Crippen LogP contribution in [0.2, 0.25) is 4.34 Å². The molecule has 0 saturated carbocycles. The normalized spacial score (nSPS) is 10.3. The summed E-state index contributed by atoms with van der Waals surface area (Å²) in [5, 5.41) is 14.6. The van der Waals surface area contributed by atoms with Gasteiger partial charge in [-0.25, -0.2) is 0 Å². The van der Waals surface area contributed by atoms with Crippen molar-refractivity contribution < 1.29 is 9.66 Å². The largest absolute Gasteiger partial charge is 0.479 e. The van der Waals surface area contributed by atoms with Gasteiger partial charge < -0.3 is 14.9 Å². The zero-order valence-corrected chi connectivity index (χ0v) is 10.7. The minimum Gasteiger partial charge on any atom is -0.479 e. The Labute approximate surface area is 111 Å². The Hall–Kier alpha value is -1.80. The Bertz CT molecular complexity index is 589. The summed E-state index contributed by atoms with van der Waals surface area (Å²) in [7, 11) is 0. The Morgan fingerprint density at radius 1 is 1.56 bits per heavy atom. The van der Waals surface area contributed by atoms with Crippen LogP contribution in [0.4, 0.5) is 5.82 Å². The number of nitrogens with zero attached hydrogens (tertiary/aromatic N) is 4. The number of aryl methyl sites for hydroxylation is 1. The van der Waals surface area contributed by atoms with Crippen molar-refractivity contribution in [1.29, 1.82) is 0 Å². The van der Waals surface area contributed by atoms with E-state index in [0.29, 0.717) is 15.7 Å². The van der Waals surface area contributed by atoms with Gasteiger partial charge in [-0.2, -0.15) is 0 Å². The van der Waals surface area contributed by atoms with Gasteiger partial charge in [-0.3, -0.25) is 0 Å². The second-order valence-electron chi connectivity index (χ2n) is 3.31. The molecule has 7 nitrogen and oxygen atoms in total. The minimum atomic E-state index is -0.594. The first-order valence-corrected chi connectivity index (χ1v) is 5.94. The molecule has 2 aromatic heterocycles. The molecule has 0 aromatic carbocycles. The average Bonchev–Trinajstić information content (AvgIpc) is 2.73. The Morgan fingerprint density at radius 3 is 2.94 bits per heavy atom. The summed E-state index contributed by atoms with van der Waals surface area (Å²) in [6.07, 6.45) is 0. The molecule has 0 atom stereocenters. The van der Waals surface area contributed by atoms with Crippen molar-refractivity contribution in [3.8, 4) is 5.75 Å². The van der Waals surface area contributed by atoms with Crippen molar-refractivity contribution in [3.05, 3.63) is 38.0 Å². The molecule has 9 heteroatoms. The van der Waals surface area contributed by atoms with E-state index in [2.05, 4.69) is 14.6 Å².